The van der Waals surface area contributed by atoms with Gasteiger partial charge in [-0.3, -0.25) is 14.7 Å². The van der Waals surface area contributed by atoms with Crippen LogP contribution in [-0.4, -0.2) is 28.9 Å². The van der Waals surface area contributed by atoms with Crippen LogP contribution in [0.1, 0.15) is 28.5 Å². The Morgan fingerprint density at radius 1 is 1.04 bits per heavy atom. The lowest BCUT2D eigenvalue weighted by Crippen LogP contribution is -2.48. The molecule has 1 atom stereocenters. The molecule has 4 rings (SSSR count). The Bertz CT molecular complexity index is 859. The molecule has 24 heavy (non-hydrogen) atoms. The van der Waals surface area contributed by atoms with Crippen LogP contribution < -0.4 is 5.32 Å². The van der Waals surface area contributed by atoms with E-state index in [9.17, 15) is 4.79 Å². The molecule has 1 saturated heterocycles. The van der Waals surface area contributed by atoms with Gasteiger partial charge in [0.1, 0.15) is 6.17 Å². The SMILES string of the molecule is O=C(NC(c1ccccc1)N1CCC1)c1ccc2cnccc2c1. The minimum Gasteiger partial charge on any atom is -0.332 e. The van der Waals surface area contributed by atoms with Crippen molar-refractivity contribution in [1.82, 2.24) is 15.2 Å². The molecular formula is C20H19N3O. The maximum Gasteiger partial charge on any atom is 0.252 e. The molecule has 2 aromatic carbocycles. The van der Waals surface area contributed by atoms with Crippen molar-refractivity contribution in [3.63, 3.8) is 0 Å². The summed E-state index contributed by atoms with van der Waals surface area (Å²) in [5, 5.41) is 5.25. The Hall–Kier alpha value is -2.72. The van der Waals surface area contributed by atoms with Crippen molar-refractivity contribution in [1.29, 1.82) is 0 Å². The van der Waals surface area contributed by atoms with Gasteiger partial charge in [0.15, 0.2) is 0 Å². The van der Waals surface area contributed by atoms with E-state index in [2.05, 4.69) is 27.3 Å². The molecule has 0 aliphatic carbocycles. The van der Waals surface area contributed by atoms with Crippen LogP contribution in [0.2, 0.25) is 0 Å². The van der Waals surface area contributed by atoms with Gasteiger partial charge in [-0.25, -0.2) is 0 Å². The fraction of sp³-hybridized carbons (Fsp3) is 0.200. The number of amides is 1. The predicted molar refractivity (Wildman–Crippen MR) is 94.6 cm³/mol. The van der Waals surface area contributed by atoms with E-state index < -0.39 is 0 Å². The summed E-state index contributed by atoms with van der Waals surface area (Å²) in [6, 6.07) is 17.8. The average Bonchev–Trinajstić information content (AvgIpc) is 2.60. The molecule has 0 saturated carbocycles. The number of hydrogen-bond acceptors (Lipinski definition) is 3. The molecule has 1 amide bonds. The van der Waals surface area contributed by atoms with Crippen molar-refractivity contribution in [3.8, 4) is 0 Å². The molecular weight excluding hydrogens is 298 g/mol. The lowest BCUT2D eigenvalue weighted by atomic mass is 10.1. The molecule has 1 fully saturated rings. The Morgan fingerprint density at radius 2 is 1.88 bits per heavy atom. The summed E-state index contributed by atoms with van der Waals surface area (Å²) in [7, 11) is 0. The van der Waals surface area contributed by atoms with Gasteiger partial charge in [-0.05, 0) is 35.6 Å². The highest BCUT2D eigenvalue weighted by Gasteiger charge is 2.26. The third-order valence-corrected chi connectivity index (χ3v) is 4.54. The molecule has 0 bridgehead atoms. The van der Waals surface area contributed by atoms with Crippen molar-refractivity contribution < 1.29 is 4.79 Å². The summed E-state index contributed by atoms with van der Waals surface area (Å²) in [6.45, 7) is 2.03. The molecule has 2 heterocycles. The Labute approximate surface area is 141 Å². The van der Waals surface area contributed by atoms with Crippen LogP contribution in [0.5, 0.6) is 0 Å². The first-order chi connectivity index (χ1) is 11.8. The molecule has 1 N–H and O–H groups in total. The largest absolute Gasteiger partial charge is 0.332 e. The van der Waals surface area contributed by atoms with Crippen molar-refractivity contribution in [2.45, 2.75) is 12.6 Å². The molecule has 1 aromatic heterocycles. The van der Waals surface area contributed by atoms with Gasteiger partial charge in [-0.1, -0.05) is 36.4 Å². The standard InChI is InChI=1S/C20H19N3O/c24-20(17-7-8-18-14-21-10-9-16(18)13-17)22-19(23-11-4-12-23)15-5-2-1-3-6-15/h1-3,5-10,13-14,19H,4,11-12H2,(H,22,24). The third-order valence-electron chi connectivity index (χ3n) is 4.54. The fourth-order valence-electron chi connectivity index (χ4n) is 3.05. The zero-order chi connectivity index (χ0) is 16.4. The van der Waals surface area contributed by atoms with Gasteiger partial charge >= 0.3 is 0 Å². The van der Waals surface area contributed by atoms with Crippen LogP contribution in [0.25, 0.3) is 10.8 Å². The number of nitrogens with one attached hydrogen (secondary N) is 1. The van der Waals surface area contributed by atoms with Gasteiger partial charge in [-0.2, -0.15) is 0 Å². The number of pyridine rings is 1. The third kappa shape index (κ3) is 2.88. The molecule has 1 unspecified atom stereocenters. The molecule has 120 valence electrons. The van der Waals surface area contributed by atoms with Gasteiger partial charge in [0, 0.05) is 36.4 Å². The summed E-state index contributed by atoms with van der Waals surface area (Å²) in [5.74, 6) is -0.0468. The lowest BCUT2D eigenvalue weighted by Gasteiger charge is -2.38. The number of carbonyl (C=O) groups is 1. The normalized spacial score (nSPS) is 15.7. The second kappa shape index (κ2) is 6.42. The number of benzene rings is 2. The van der Waals surface area contributed by atoms with Gasteiger partial charge < -0.3 is 5.32 Å². The Balaban J connectivity index is 1.60. The van der Waals surface area contributed by atoms with E-state index in [-0.39, 0.29) is 12.1 Å². The van der Waals surface area contributed by atoms with Crippen LogP contribution in [0.4, 0.5) is 0 Å². The quantitative estimate of drug-likeness (QED) is 0.802. The van der Waals surface area contributed by atoms with E-state index in [4.69, 9.17) is 0 Å². The van der Waals surface area contributed by atoms with Crippen LogP contribution in [0, 0.1) is 0 Å². The van der Waals surface area contributed by atoms with E-state index in [1.807, 2.05) is 48.7 Å². The van der Waals surface area contributed by atoms with Crippen molar-refractivity contribution in [2.24, 2.45) is 0 Å². The van der Waals surface area contributed by atoms with Crippen LogP contribution in [0.3, 0.4) is 0 Å². The fourth-order valence-corrected chi connectivity index (χ4v) is 3.05. The van der Waals surface area contributed by atoms with E-state index in [1.165, 1.54) is 6.42 Å². The summed E-state index contributed by atoms with van der Waals surface area (Å²) in [5.41, 5.74) is 1.80. The van der Waals surface area contributed by atoms with Crippen LogP contribution >= 0.6 is 0 Å². The number of aromatic nitrogens is 1. The summed E-state index contributed by atoms with van der Waals surface area (Å²) in [6.07, 6.45) is 4.67. The minimum atomic E-state index is -0.0689. The van der Waals surface area contributed by atoms with E-state index in [1.54, 1.807) is 6.20 Å². The molecule has 1 aliphatic heterocycles. The molecule has 3 aromatic rings. The molecule has 4 nitrogen and oxygen atoms in total. The summed E-state index contributed by atoms with van der Waals surface area (Å²) >= 11 is 0. The first-order valence-corrected chi connectivity index (χ1v) is 8.25. The van der Waals surface area contributed by atoms with Crippen molar-refractivity contribution in [3.05, 3.63) is 78.1 Å². The number of rotatable bonds is 4. The maximum absolute atomic E-state index is 12.8. The first kappa shape index (κ1) is 14.8. The molecule has 1 aliphatic rings. The Kier molecular flexibility index (Phi) is 3.97. The highest BCUT2D eigenvalue weighted by molar-refractivity contribution is 5.98. The highest BCUT2D eigenvalue weighted by Crippen LogP contribution is 2.24. The van der Waals surface area contributed by atoms with Gasteiger partial charge in [0.05, 0.1) is 0 Å². The number of nitrogens with zero attached hydrogens (tertiary/aromatic N) is 2. The average molecular weight is 317 g/mol. The zero-order valence-electron chi connectivity index (χ0n) is 13.4. The highest BCUT2D eigenvalue weighted by atomic mass is 16.1. The van der Waals surface area contributed by atoms with E-state index in [0.717, 1.165) is 29.4 Å². The number of hydrogen-bond donors (Lipinski definition) is 1. The minimum absolute atomic E-state index is 0.0468. The second-order valence-electron chi connectivity index (χ2n) is 6.11. The predicted octanol–water partition coefficient (Wildman–Crippen LogP) is 3.37. The van der Waals surface area contributed by atoms with E-state index >= 15 is 0 Å². The first-order valence-electron chi connectivity index (χ1n) is 8.25. The van der Waals surface area contributed by atoms with Gasteiger partial charge in [0.25, 0.3) is 5.91 Å². The smallest absolute Gasteiger partial charge is 0.252 e. The van der Waals surface area contributed by atoms with Crippen molar-refractivity contribution in [2.75, 3.05) is 13.1 Å². The van der Waals surface area contributed by atoms with Crippen LogP contribution in [-0.2, 0) is 0 Å². The van der Waals surface area contributed by atoms with Gasteiger partial charge in [0.2, 0.25) is 0 Å². The second-order valence-corrected chi connectivity index (χ2v) is 6.11. The Morgan fingerprint density at radius 3 is 2.62 bits per heavy atom. The lowest BCUT2D eigenvalue weighted by molar-refractivity contribution is 0.0700. The summed E-state index contributed by atoms with van der Waals surface area (Å²) < 4.78 is 0. The zero-order valence-corrected chi connectivity index (χ0v) is 13.4. The monoisotopic (exact) mass is 317 g/mol. The number of fused-ring (bicyclic) bond motifs is 1. The van der Waals surface area contributed by atoms with Gasteiger partial charge in [-0.15, -0.1) is 0 Å². The topological polar surface area (TPSA) is 45.2 Å². The maximum atomic E-state index is 12.8. The van der Waals surface area contributed by atoms with E-state index in [0.29, 0.717) is 5.56 Å². The summed E-state index contributed by atoms with van der Waals surface area (Å²) in [4.78, 5) is 19.2. The number of likely N-dealkylation sites (tertiary alicyclic amines) is 1. The molecule has 0 radical (unpaired) electrons. The van der Waals surface area contributed by atoms with Crippen molar-refractivity contribution >= 4 is 16.7 Å². The number of carbonyl (C=O) groups excluding carboxylic acids is 1. The molecule has 4 heteroatoms. The van der Waals surface area contributed by atoms with Crippen LogP contribution in [0.15, 0.2) is 67.0 Å². The molecule has 0 spiro atoms.